The molecule has 98 valence electrons. The van der Waals surface area contributed by atoms with E-state index in [-0.39, 0.29) is 5.92 Å². The lowest BCUT2D eigenvalue weighted by molar-refractivity contribution is -0.145. The molecule has 17 heavy (non-hydrogen) atoms. The van der Waals surface area contributed by atoms with Gasteiger partial charge in [0.05, 0.1) is 5.92 Å². The maximum atomic E-state index is 11.4. The summed E-state index contributed by atoms with van der Waals surface area (Å²) in [5.41, 5.74) is 0. The average Bonchev–Trinajstić information content (AvgIpc) is 2.38. The zero-order valence-corrected chi connectivity index (χ0v) is 10.5. The number of nitrogens with zero attached hydrogens (tertiary/aromatic N) is 1. The Hall–Kier alpha value is -0.610. The molecule has 2 fully saturated rings. The number of piperidine rings is 2. The van der Waals surface area contributed by atoms with Gasteiger partial charge in [0.2, 0.25) is 0 Å². The largest absolute Gasteiger partial charge is 0.481 e. The molecule has 0 amide bonds. The first kappa shape index (κ1) is 12.8. The van der Waals surface area contributed by atoms with E-state index in [4.69, 9.17) is 0 Å². The average molecular weight is 240 g/mol. The molecule has 2 rings (SSSR count). The van der Waals surface area contributed by atoms with Crippen LogP contribution in [0.3, 0.4) is 0 Å². The molecule has 1 unspecified atom stereocenters. The summed E-state index contributed by atoms with van der Waals surface area (Å²) in [5.74, 6) is -0.381. The Balaban J connectivity index is 1.88. The van der Waals surface area contributed by atoms with E-state index in [0.29, 0.717) is 5.92 Å². The summed E-state index contributed by atoms with van der Waals surface area (Å²) in [4.78, 5) is 13.8. The van der Waals surface area contributed by atoms with E-state index in [1.54, 1.807) is 0 Å². The van der Waals surface area contributed by atoms with Crippen molar-refractivity contribution in [1.29, 1.82) is 0 Å². The second kappa shape index (κ2) is 6.36. The SMILES string of the molecule is O=C(O)C(CN1CCCCC1)C1CCNCC1. The number of carboxylic acids is 1. The fourth-order valence-electron chi connectivity index (χ4n) is 3.10. The van der Waals surface area contributed by atoms with Gasteiger partial charge in [0.1, 0.15) is 0 Å². The standard InChI is InChI=1S/C13H24N2O2/c16-13(17)12(11-4-6-14-7-5-11)10-15-8-2-1-3-9-15/h11-12,14H,1-10H2,(H,16,17). The second-order valence-corrected chi connectivity index (χ2v) is 5.39. The van der Waals surface area contributed by atoms with Crippen LogP contribution in [-0.4, -0.2) is 48.7 Å². The van der Waals surface area contributed by atoms with Crippen LogP contribution in [-0.2, 0) is 4.79 Å². The minimum Gasteiger partial charge on any atom is -0.481 e. The number of aliphatic carboxylic acids is 1. The van der Waals surface area contributed by atoms with Gasteiger partial charge < -0.3 is 15.3 Å². The number of carboxylic acid groups (broad SMARTS) is 1. The zero-order chi connectivity index (χ0) is 12.1. The molecule has 4 heteroatoms. The Bertz CT molecular complexity index is 246. The summed E-state index contributed by atoms with van der Waals surface area (Å²) in [7, 11) is 0. The fourth-order valence-corrected chi connectivity index (χ4v) is 3.10. The quantitative estimate of drug-likeness (QED) is 0.774. The van der Waals surface area contributed by atoms with Gasteiger partial charge in [0, 0.05) is 6.54 Å². The molecular weight excluding hydrogens is 216 g/mol. The van der Waals surface area contributed by atoms with Crippen LogP contribution in [0.1, 0.15) is 32.1 Å². The highest BCUT2D eigenvalue weighted by Gasteiger charge is 2.31. The third-order valence-electron chi connectivity index (χ3n) is 4.17. The molecule has 2 saturated heterocycles. The molecule has 0 aromatic carbocycles. The van der Waals surface area contributed by atoms with E-state index in [0.717, 1.165) is 45.6 Å². The number of carbonyl (C=O) groups is 1. The van der Waals surface area contributed by atoms with Gasteiger partial charge in [-0.15, -0.1) is 0 Å². The first-order valence-electron chi connectivity index (χ1n) is 6.93. The van der Waals surface area contributed by atoms with Crippen molar-refractivity contribution < 1.29 is 9.90 Å². The van der Waals surface area contributed by atoms with Crippen molar-refractivity contribution in [2.45, 2.75) is 32.1 Å². The minimum atomic E-state index is -0.595. The van der Waals surface area contributed by atoms with Gasteiger partial charge in [-0.2, -0.15) is 0 Å². The molecule has 2 N–H and O–H groups in total. The molecule has 2 aliphatic rings. The van der Waals surface area contributed by atoms with Crippen molar-refractivity contribution in [3.8, 4) is 0 Å². The predicted octanol–water partition coefficient (Wildman–Crippen LogP) is 1.17. The van der Waals surface area contributed by atoms with E-state index in [9.17, 15) is 9.90 Å². The summed E-state index contributed by atoms with van der Waals surface area (Å²) in [5, 5.41) is 12.7. The molecule has 0 spiro atoms. The molecule has 4 nitrogen and oxygen atoms in total. The lowest BCUT2D eigenvalue weighted by atomic mass is 9.84. The Morgan fingerprint density at radius 2 is 1.88 bits per heavy atom. The van der Waals surface area contributed by atoms with Crippen LogP contribution in [0.25, 0.3) is 0 Å². The summed E-state index contributed by atoms with van der Waals surface area (Å²) in [6.07, 6.45) is 5.81. The van der Waals surface area contributed by atoms with Crippen molar-refractivity contribution in [3.05, 3.63) is 0 Å². The monoisotopic (exact) mass is 240 g/mol. The Morgan fingerprint density at radius 3 is 2.47 bits per heavy atom. The van der Waals surface area contributed by atoms with Crippen molar-refractivity contribution in [1.82, 2.24) is 10.2 Å². The summed E-state index contributed by atoms with van der Waals surface area (Å²) >= 11 is 0. The molecule has 0 radical (unpaired) electrons. The van der Waals surface area contributed by atoms with Crippen molar-refractivity contribution in [2.24, 2.45) is 11.8 Å². The van der Waals surface area contributed by atoms with E-state index >= 15 is 0 Å². The molecule has 0 bridgehead atoms. The highest BCUT2D eigenvalue weighted by molar-refractivity contribution is 5.70. The maximum absolute atomic E-state index is 11.4. The van der Waals surface area contributed by atoms with Crippen LogP contribution in [0, 0.1) is 11.8 Å². The Labute approximate surface area is 103 Å². The van der Waals surface area contributed by atoms with Crippen LogP contribution in [0.15, 0.2) is 0 Å². The molecule has 1 atom stereocenters. The highest BCUT2D eigenvalue weighted by atomic mass is 16.4. The van der Waals surface area contributed by atoms with Gasteiger partial charge in [0.25, 0.3) is 0 Å². The lowest BCUT2D eigenvalue weighted by Gasteiger charge is -2.34. The normalized spacial score (nSPS) is 25.6. The molecule has 0 aromatic heterocycles. The number of rotatable bonds is 4. The molecule has 0 aliphatic carbocycles. The number of hydrogen-bond donors (Lipinski definition) is 2. The predicted molar refractivity (Wildman–Crippen MR) is 67.0 cm³/mol. The number of nitrogens with one attached hydrogen (secondary N) is 1. The summed E-state index contributed by atoms with van der Waals surface area (Å²) < 4.78 is 0. The highest BCUT2D eigenvalue weighted by Crippen LogP contribution is 2.24. The van der Waals surface area contributed by atoms with Gasteiger partial charge in [-0.25, -0.2) is 0 Å². The van der Waals surface area contributed by atoms with Gasteiger partial charge in [-0.05, 0) is 57.8 Å². The molecular formula is C13H24N2O2. The van der Waals surface area contributed by atoms with Crippen LogP contribution < -0.4 is 5.32 Å². The van der Waals surface area contributed by atoms with Crippen LogP contribution in [0.2, 0.25) is 0 Å². The van der Waals surface area contributed by atoms with Crippen molar-refractivity contribution in [3.63, 3.8) is 0 Å². The van der Waals surface area contributed by atoms with Crippen molar-refractivity contribution in [2.75, 3.05) is 32.7 Å². The lowest BCUT2D eigenvalue weighted by Crippen LogP contribution is -2.42. The summed E-state index contributed by atoms with van der Waals surface area (Å²) in [6, 6.07) is 0. The zero-order valence-electron chi connectivity index (χ0n) is 10.5. The smallest absolute Gasteiger partial charge is 0.308 e. The van der Waals surface area contributed by atoms with Gasteiger partial charge in [0.15, 0.2) is 0 Å². The first-order valence-corrected chi connectivity index (χ1v) is 6.93. The molecule has 2 heterocycles. The minimum absolute atomic E-state index is 0.157. The Kier molecular flexibility index (Phi) is 4.80. The van der Waals surface area contributed by atoms with Crippen LogP contribution in [0.4, 0.5) is 0 Å². The third kappa shape index (κ3) is 3.68. The van der Waals surface area contributed by atoms with Gasteiger partial charge in [-0.1, -0.05) is 6.42 Å². The van der Waals surface area contributed by atoms with Crippen molar-refractivity contribution >= 4 is 5.97 Å². The van der Waals surface area contributed by atoms with E-state index in [2.05, 4.69) is 10.2 Å². The molecule has 0 aromatic rings. The second-order valence-electron chi connectivity index (χ2n) is 5.39. The van der Waals surface area contributed by atoms with Crippen LogP contribution in [0.5, 0.6) is 0 Å². The topological polar surface area (TPSA) is 52.6 Å². The first-order chi connectivity index (χ1) is 8.27. The van der Waals surface area contributed by atoms with E-state index < -0.39 is 5.97 Å². The fraction of sp³-hybridized carbons (Fsp3) is 0.923. The Morgan fingerprint density at radius 1 is 1.24 bits per heavy atom. The third-order valence-corrected chi connectivity index (χ3v) is 4.17. The summed E-state index contributed by atoms with van der Waals surface area (Å²) in [6.45, 7) is 4.91. The van der Waals surface area contributed by atoms with E-state index in [1.165, 1.54) is 19.3 Å². The number of hydrogen-bond acceptors (Lipinski definition) is 3. The van der Waals surface area contributed by atoms with Gasteiger partial charge >= 0.3 is 5.97 Å². The molecule has 0 saturated carbocycles. The molecule has 2 aliphatic heterocycles. The number of likely N-dealkylation sites (tertiary alicyclic amines) is 1. The maximum Gasteiger partial charge on any atom is 0.308 e. The van der Waals surface area contributed by atoms with E-state index in [1.807, 2.05) is 0 Å². The van der Waals surface area contributed by atoms with Crippen LogP contribution >= 0.6 is 0 Å². The van der Waals surface area contributed by atoms with Gasteiger partial charge in [-0.3, -0.25) is 4.79 Å².